The van der Waals surface area contributed by atoms with Gasteiger partial charge in [0.1, 0.15) is 5.82 Å². The molecule has 2 saturated carbocycles. The van der Waals surface area contributed by atoms with E-state index in [1.54, 1.807) is 6.07 Å². The molecule has 1 aromatic rings. The third-order valence-corrected chi connectivity index (χ3v) is 3.73. The van der Waals surface area contributed by atoms with Crippen LogP contribution in [0, 0.1) is 17.7 Å². The van der Waals surface area contributed by atoms with Crippen molar-refractivity contribution in [2.45, 2.75) is 24.8 Å². The molecule has 2 unspecified atom stereocenters. The first-order valence-corrected chi connectivity index (χ1v) is 5.23. The average Bonchev–Trinajstić information content (AvgIpc) is 2.75. The number of benzene rings is 1. The maximum absolute atomic E-state index is 13.5. The lowest BCUT2D eigenvalue weighted by atomic mass is 9.86. The molecule has 2 atom stereocenters. The predicted octanol–water partition coefficient (Wildman–Crippen LogP) is 2.41. The highest BCUT2D eigenvalue weighted by Crippen LogP contribution is 2.58. The van der Waals surface area contributed by atoms with Crippen molar-refractivity contribution in [1.29, 1.82) is 0 Å². The maximum atomic E-state index is 13.5. The largest absolute Gasteiger partial charge is 0.321 e. The van der Waals surface area contributed by atoms with Crippen molar-refractivity contribution in [1.82, 2.24) is 0 Å². The Morgan fingerprint density at radius 3 is 2.50 bits per heavy atom. The number of nitrogens with two attached hydrogens (primary N) is 1. The molecule has 2 aliphatic rings. The standard InChI is InChI=1S/C12H14FN/c13-11-4-2-1-3-10(11)12(14)6-8-5-9(8)7-12/h1-4,8-9H,5-7,14H2. The smallest absolute Gasteiger partial charge is 0.128 e. The molecule has 2 fully saturated rings. The summed E-state index contributed by atoms with van der Waals surface area (Å²) in [5.41, 5.74) is 6.60. The first-order chi connectivity index (χ1) is 6.69. The Morgan fingerprint density at radius 1 is 1.21 bits per heavy atom. The Balaban J connectivity index is 1.98. The summed E-state index contributed by atoms with van der Waals surface area (Å²) in [6.07, 6.45) is 3.25. The molecule has 0 bridgehead atoms. The zero-order valence-corrected chi connectivity index (χ0v) is 8.04. The fourth-order valence-electron chi connectivity index (χ4n) is 2.91. The van der Waals surface area contributed by atoms with Crippen LogP contribution < -0.4 is 5.73 Å². The summed E-state index contributed by atoms with van der Waals surface area (Å²) >= 11 is 0. The highest BCUT2D eigenvalue weighted by molar-refractivity contribution is 5.29. The summed E-state index contributed by atoms with van der Waals surface area (Å²) in [5.74, 6) is 1.41. The lowest BCUT2D eigenvalue weighted by Crippen LogP contribution is -2.35. The van der Waals surface area contributed by atoms with Gasteiger partial charge in [-0.3, -0.25) is 0 Å². The van der Waals surface area contributed by atoms with E-state index in [1.165, 1.54) is 12.5 Å². The zero-order chi connectivity index (χ0) is 9.76. The predicted molar refractivity (Wildman–Crippen MR) is 53.1 cm³/mol. The Kier molecular flexibility index (Phi) is 1.55. The van der Waals surface area contributed by atoms with Gasteiger partial charge in [0.25, 0.3) is 0 Å². The summed E-state index contributed by atoms with van der Waals surface area (Å²) < 4.78 is 13.5. The van der Waals surface area contributed by atoms with Gasteiger partial charge in [-0.1, -0.05) is 18.2 Å². The first-order valence-electron chi connectivity index (χ1n) is 5.23. The minimum atomic E-state index is -0.376. The summed E-state index contributed by atoms with van der Waals surface area (Å²) in [6.45, 7) is 0. The van der Waals surface area contributed by atoms with Crippen molar-refractivity contribution < 1.29 is 4.39 Å². The van der Waals surface area contributed by atoms with Crippen molar-refractivity contribution >= 4 is 0 Å². The average molecular weight is 191 g/mol. The topological polar surface area (TPSA) is 26.0 Å². The van der Waals surface area contributed by atoms with Crippen LogP contribution in [0.3, 0.4) is 0 Å². The zero-order valence-electron chi connectivity index (χ0n) is 8.04. The van der Waals surface area contributed by atoms with Crippen molar-refractivity contribution in [3.63, 3.8) is 0 Å². The highest BCUT2D eigenvalue weighted by atomic mass is 19.1. The number of halogens is 1. The second-order valence-corrected chi connectivity index (χ2v) is 4.80. The molecule has 2 heteroatoms. The Morgan fingerprint density at radius 2 is 1.86 bits per heavy atom. The van der Waals surface area contributed by atoms with E-state index in [4.69, 9.17) is 5.73 Å². The van der Waals surface area contributed by atoms with Crippen LogP contribution in [-0.2, 0) is 5.54 Å². The molecule has 3 rings (SSSR count). The fraction of sp³-hybridized carbons (Fsp3) is 0.500. The van der Waals surface area contributed by atoms with Gasteiger partial charge < -0.3 is 5.73 Å². The van der Waals surface area contributed by atoms with E-state index in [2.05, 4.69) is 0 Å². The van der Waals surface area contributed by atoms with Crippen molar-refractivity contribution in [2.75, 3.05) is 0 Å². The second-order valence-electron chi connectivity index (χ2n) is 4.80. The molecule has 0 aromatic heterocycles. The van der Waals surface area contributed by atoms with Crippen LogP contribution in [-0.4, -0.2) is 0 Å². The van der Waals surface area contributed by atoms with Gasteiger partial charge in [0.05, 0.1) is 0 Å². The fourth-order valence-corrected chi connectivity index (χ4v) is 2.91. The normalized spacial score (nSPS) is 39.6. The Labute approximate surface area is 83.1 Å². The van der Waals surface area contributed by atoms with Crippen LogP contribution in [0.4, 0.5) is 4.39 Å². The van der Waals surface area contributed by atoms with Gasteiger partial charge in [-0.2, -0.15) is 0 Å². The van der Waals surface area contributed by atoms with E-state index < -0.39 is 0 Å². The summed E-state index contributed by atoms with van der Waals surface area (Å²) in [7, 11) is 0. The van der Waals surface area contributed by atoms with Gasteiger partial charge in [0, 0.05) is 11.1 Å². The molecule has 2 N–H and O–H groups in total. The summed E-state index contributed by atoms with van der Waals surface area (Å²) in [4.78, 5) is 0. The van der Waals surface area contributed by atoms with E-state index >= 15 is 0 Å². The maximum Gasteiger partial charge on any atom is 0.128 e. The van der Waals surface area contributed by atoms with Crippen molar-refractivity contribution in [3.8, 4) is 0 Å². The van der Waals surface area contributed by atoms with Crippen LogP contribution in [0.25, 0.3) is 0 Å². The summed E-state index contributed by atoms with van der Waals surface area (Å²) in [5, 5.41) is 0. The molecule has 0 spiro atoms. The number of hydrogen-bond acceptors (Lipinski definition) is 1. The molecule has 1 aromatic carbocycles. The van der Waals surface area contributed by atoms with E-state index in [9.17, 15) is 4.39 Å². The lowest BCUT2D eigenvalue weighted by Gasteiger charge is -2.26. The molecule has 2 aliphatic carbocycles. The van der Waals surface area contributed by atoms with Crippen LogP contribution in [0.2, 0.25) is 0 Å². The first kappa shape index (κ1) is 8.42. The van der Waals surface area contributed by atoms with Gasteiger partial charge in [-0.15, -0.1) is 0 Å². The SMILES string of the molecule is NC1(c2ccccc2F)CC2CC2C1. The third kappa shape index (κ3) is 1.10. The van der Waals surface area contributed by atoms with Crippen molar-refractivity contribution in [2.24, 2.45) is 17.6 Å². The molecule has 0 aliphatic heterocycles. The molecule has 74 valence electrons. The molecular formula is C12H14FN. The monoisotopic (exact) mass is 191 g/mol. The van der Waals surface area contributed by atoms with E-state index in [0.29, 0.717) is 5.56 Å². The van der Waals surface area contributed by atoms with Crippen LogP contribution >= 0.6 is 0 Å². The van der Waals surface area contributed by atoms with E-state index in [0.717, 1.165) is 24.7 Å². The number of hydrogen-bond donors (Lipinski definition) is 1. The molecule has 1 nitrogen and oxygen atoms in total. The molecule has 0 amide bonds. The molecule has 0 heterocycles. The minimum absolute atomic E-state index is 0.142. The van der Waals surface area contributed by atoms with Gasteiger partial charge in [-0.05, 0) is 37.2 Å². The number of rotatable bonds is 1. The van der Waals surface area contributed by atoms with Gasteiger partial charge >= 0.3 is 0 Å². The molecule has 14 heavy (non-hydrogen) atoms. The van der Waals surface area contributed by atoms with Crippen LogP contribution in [0.5, 0.6) is 0 Å². The van der Waals surface area contributed by atoms with Crippen molar-refractivity contribution in [3.05, 3.63) is 35.6 Å². The lowest BCUT2D eigenvalue weighted by molar-refractivity contribution is 0.391. The number of fused-ring (bicyclic) bond motifs is 1. The van der Waals surface area contributed by atoms with Crippen LogP contribution in [0.1, 0.15) is 24.8 Å². The highest BCUT2D eigenvalue weighted by Gasteiger charge is 2.53. The van der Waals surface area contributed by atoms with E-state index in [-0.39, 0.29) is 11.4 Å². The Hall–Kier alpha value is -0.890. The van der Waals surface area contributed by atoms with E-state index in [1.807, 2.05) is 12.1 Å². The third-order valence-electron chi connectivity index (χ3n) is 3.73. The quantitative estimate of drug-likeness (QED) is 0.724. The van der Waals surface area contributed by atoms with Gasteiger partial charge in [0.2, 0.25) is 0 Å². The molecular weight excluding hydrogens is 177 g/mol. The molecule has 0 radical (unpaired) electrons. The van der Waals surface area contributed by atoms with Gasteiger partial charge in [-0.25, -0.2) is 4.39 Å². The Bertz CT molecular complexity index is 364. The van der Waals surface area contributed by atoms with Crippen LogP contribution in [0.15, 0.2) is 24.3 Å². The summed E-state index contributed by atoms with van der Waals surface area (Å²) in [6, 6.07) is 6.93. The van der Waals surface area contributed by atoms with Gasteiger partial charge in [0.15, 0.2) is 0 Å². The molecule has 0 saturated heterocycles. The minimum Gasteiger partial charge on any atom is -0.321 e. The second kappa shape index (κ2) is 2.57.